The minimum absolute atomic E-state index is 0. The molecule has 158 valence electrons. The van der Waals surface area contributed by atoms with Crippen LogP contribution < -0.4 is 10.1 Å². The Bertz CT molecular complexity index is 663. The summed E-state index contributed by atoms with van der Waals surface area (Å²) in [5.74, 6) is 0.777. The highest BCUT2D eigenvalue weighted by atomic mass is 35.5. The number of ether oxygens (including phenoxy) is 1. The van der Waals surface area contributed by atoms with E-state index in [1.807, 2.05) is 0 Å². The van der Waals surface area contributed by atoms with Crippen LogP contribution in [0.4, 0.5) is 13.2 Å². The fourth-order valence-corrected chi connectivity index (χ4v) is 3.95. The molecule has 2 fully saturated rings. The van der Waals surface area contributed by atoms with Gasteiger partial charge in [0.25, 0.3) is 5.91 Å². The largest absolute Gasteiger partial charge is 0.483 e. The van der Waals surface area contributed by atoms with Gasteiger partial charge in [0, 0.05) is 13.1 Å². The van der Waals surface area contributed by atoms with Crippen LogP contribution in [0.2, 0.25) is 0 Å². The number of piperidine rings is 2. The summed E-state index contributed by atoms with van der Waals surface area (Å²) in [5.41, 5.74) is -0.106. The van der Waals surface area contributed by atoms with Crippen LogP contribution in [0.1, 0.15) is 49.7 Å². The third-order valence-corrected chi connectivity index (χ3v) is 5.48. The molecule has 28 heavy (non-hydrogen) atoms. The normalized spacial score (nSPS) is 21.1. The minimum Gasteiger partial charge on any atom is -0.483 e. The lowest BCUT2D eigenvalue weighted by Gasteiger charge is -2.31. The van der Waals surface area contributed by atoms with Gasteiger partial charge in [-0.2, -0.15) is 13.2 Å². The van der Waals surface area contributed by atoms with Crippen molar-refractivity contribution >= 4 is 18.3 Å². The maximum Gasteiger partial charge on any atom is 0.416 e. The maximum absolute atomic E-state index is 13.1. The highest BCUT2D eigenvalue weighted by Crippen LogP contribution is 2.38. The summed E-state index contributed by atoms with van der Waals surface area (Å²) in [6, 6.07) is 3.60. The molecule has 1 N–H and O–H groups in total. The molecule has 3 rings (SSSR count). The van der Waals surface area contributed by atoms with E-state index in [1.165, 1.54) is 12.1 Å². The van der Waals surface area contributed by atoms with Crippen LogP contribution in [-0.4, -0.2) is 43.6 Å². The molecule has 0 bridgehead atoms. The van der Waals surface area contributed by atoms with Crippen molar-refractivity contribution in [3.8, 4) is 5.75 Å². The second kappa shape index (κ2) is 9.83. The van der Waals surface area contributed by atoms with Crippen molar-refractivity contribution in [1.29, 1.82) is 0 Å². The lowest BCUT2D eigenvalue weighted by Crippen LogP contribution is -2.41. The smallest absolute Gasteiger partial charge is 0.416 e. The number of nitrogens with zero attached hydrogens (tertiary/aromatic N) is 1. The van der Waals surface area contributed by atoms with Gasteiger partial charge in [-0.15, -0.1) is 12.4 Å². The first-order valence-corrected chi connectivity index (χ1v) is 9.67. The van der Waals surface area contributed by atoms with Crippen molar-refractivity contribution in [2.75, 3.05) is 32.8 Å². The van der Waals surface area contributed by atoms with Gasteiger partial charge in [-0.05, 0) is 74.4 Å². The molecule has 2 heterocycles. The van der Waals surface area contributed by atoms with E-state index in [2.05, 4.69) is 12.2 Å². The van der Waals surface area contributed by atoms with Crippen molar-refractivity contribution in [1.82, 2.24) is 10.2 Å². The van der Waals surface area contributed by atoms with E-state index in [9.17, 15) is 18.0 Å². The molecule has 2 aliphatic heterocycles. The van der Waals surface area contributed by atoms with Gasteiger partial charge >= 0.3 is 6.18 Å². The zero-order valence-electron chi connectivity index (χ0n) is 16.1. The Morgan fingerprint density at radius 2 is 1.96 bits per heavy atom. The molecule has 1 amide bonds. The maximum atomic E-state index is 13.1. The van der Waals surface area contributed by atoms with Crippen molar-refractivity contribution in [2.24, 2.45) is 5.92 Å². The molecule has 1 atom stereocenters. The topological polar surface area (TPSA) is 41.6 Å². The molecule has 1 unspecified atom stereocenters. The number of carbonyl (C=O) groups is 1. The SMILES string of the molecule is CC1CCCN(C(=O)COc2ccc(C(F)(F)F)cc2C2CCNCC2)C1.Cl. The number of alkyl halides is 3. The average molecular weight is 421 g/mol. The molecule has 0 spiro atoms. The number of benzene rings is 1. The summed E-state index contributed by atoms with van der Waals surface area (Å²) in [6.45, 7) is 4.97. The fraction of sp³-hybridized carbons (Fsp3) is 0.650. The molecule has 0 aliphatic carbocycles. The van der Waals surface area contributed by atoms with E-state index in [4.69, 9.17) is 4.74 Å². The Morgan fingerprint density at radius 1 is 1.25 bits per heavy atom. The highest BCUT2D eigenvalue weighted by molar-refractivity contribution is 5.85. The van der Waals surface area contributed by atoms with E-state index < -0.39 is 11.7 Å². The monoisotopic (exact) mass is 420 g/mol. The van der Waals surface area contributed by atoms with Gasteiger partial charge in [0.05, 0.1) is 5.56 Å². The van der Waals surface area contributed by atoms with Crippen LogP contribution in [0.3, 0.4) is 0 Å². The van der Waals surface area contributed by atoms with Crippen molar-refractivity contribution in [3.05, 3.63) is 29.3 Å². The number of likely N-dealkylation sites (tertiary alicyclic amines) is 1. The predicted octanol–water partition coefficient (Wildman–Crippen LogP) is 4.23. The van der Waals surface area contributed by atoms with Crippen molar-refractivity contribution < 1.29 is 22.7 Å². The Morgan fingerprint density at radius 3 is 2.61 bits per heavy atom. The van der Waals surface area contributed by atoms with Crippen LogP contribution in [-0.2, 0) is 11.0 Å². The van der Waals surface area contributed by atoms with Gasteiger partial charge < -0.3 is 15.0 Å². The molecular weight excluding hydrogens is 393 g/mol. The third-order valence-electron chi connectivity index (χ3n) is 5.48. The van der Waals surface area contributed by atoms with Gasteiger partial charge in [-0.3, -0.25) is 4.79 Å². The lowest BCUT2D eigenvalue weighted by molar-refractivity contribution is -0.138. The number of halogens is 4. The lowest BCUT2D eigenvalue weighted by atomic mass is 9.88. The molecule has 2 aliphatic rings. The average Bonchev–Trinajstić information content (AvgIpc) is 2.66. The minimum atomic E-state index is -4.39. The Kier molecular flexibility index (Phi) is 8.01. The molecule has 4 nitrogen and oxygen atoms in total. The van der Waals surface area contributed by atoms with Crippen LogP contribution in [0.25, 0.3) is 0 Å². The first-order chi connectivity index (χ1) is 12.8. The summed E-state index contributed by atoms with van der Waals surface area (Å²) < 4.78 is 45.2. The van der Waals surface area contributed by atoms with Crippen LogP contribution in [0, 0.1) is 5.92 Å². The number of hydrogen-bond donors (Lipinski definition) is 1. The molecule has 0 radical (unpaired) electrons. The van der Waals surface area contributed by atoms with Crippen molar-refractivity contribution in [3.63, 3.8) is 0 Å². The van der Waals surface area contributed by atoms with Gasteiger partial charge in [0.1, 0.15) is 5.75 Å². The summed E-state index contributed by atoms with van der Waals surface area (Å²) in [6.07, 6.45) is -0.776. The molecule has 1 aromatic rings. The summed E-state index contributed by atoms with van der Waals surface area (Å²) in [5, 5.41) is 3.22. The molecule has 0 aromatic heterocycles. The van der Waals surface area contributed by atoms with Gasteiger partial charge in [-0.25, -0.2) is 0 Å². The zero-order valence-corrected chi connectivity index (χ0v) is 16.9. The van der Waals surface area contributed by atoms with Crippen molar-refractivity contribution in [2.45, 2.75) is 44.7 Å². The molecule has 2 saturated heterocycles. The van der Waals surface area contributed by atoms with Crippen LogP contribution >= 0.6 is 12.4 Å². The first-order valence-electron chi connectivity index (χ1n) is 9.67. The molecule has 1 aromatic carbocycles. The van der Waals surface area contributed by atoms with E-state index in [0.29, 0.717) is 17.2 Å². The van der Waals surface area contributed by atoms with Crippen LogP contribution in [0.15, 0.2) is 18.2 Å². The molecular formula is C20H28ClF3N2O2. The number of hydrogen-bond acceptors (Lipinski definition) is 3. The first kappa shape index (κ1) is 22.8. The van der Waals surface area contributed by atoms with E-state index in [0.717, 1.165) is 57.9 Å². The second-order valence-corrected chi connectivity index (χ2v) is 7.65. The van der Waals surface area contributed by atoms with Gasteiger partial charge in [-0.1, -0.05) is 6.92 Å². The predicted molar refractivity (Wildman–Crippen MR) is 104 cm³/mol. The Balaban J connectivity index is 0.00000280. The number of amides is 1. The van der Waals surface area contributed by atoms with E-state index >= 15 is 0 Å². The summed E-state index contributed by atoms with van der Waals surface area (Å²) >= 11 is 0. The van der Waals surface area contributed by atoms with E-state index in [1.54, 1.807) is 4.90 Å². The van der Waals surface area contributed by atoms with Gasteiger partial charge in [0.2, 0.25) is 0 Å². The number of carbonyl (C=O) groups excluding carboxylic acids is 1. The molecule has 0 saturated carbocycles. The highest BCUT2D eigenvalue weighted by Gasteiger charge is 2.32. The molecule has 8 heteroatoms. The fourth-order valence-electron chi connectivity index (χ4n) is 3.95. The second-order valence-electron chi connectivity index (χ2n) is 7.65. The Labute approximate surface area is 170 Å². The summed E-state index contributed by atoms with van der Waals surface area (Å²) in [7, 11) is 0. The Hall–Kier alpha value is -1.47. The quantitative estimate of drug-likeness (QED) is 0.792. The number of rotatable bonds is 4. The zero-order chi connectivity index (χ0) is 19.4. The van der Waals surface area contributed by atoms with E-state index in [-0.39, 0.29) is 30.8 Å². The van der Waals surface area contributed by atoms with Gasteiger partial charge in [0.15, 0.2) is 6.61 Å². The third kappa shape index (κ3) is 5.77. The standard InChI is InChI=1S/C20H27F3N2O2.ClH/c1-14-3-2-10-25(12-14)19(26)13-27-18-5-4-16(20(21,22)23)11-17(18)15-6-8-24-9-7-15;/h4-5,11,14-15,24H,2-3,6-10,12-13H2,1H3;1H. The van der Waals surface area contributed by atoms with Crippen LogP contribution in [0.5, 0.6) is 5.75 Å². The summed E-state index contributed by atoms with van der Waals surface area (Å²) in [4.78, 5) is 14.2. The number of nitrogens with one attached hydrogen (secondary N) is 1.